The largest absolute Gasteiger partial charge is 0.444 e. The first kappa shape index (κ1) is 11.9. The van der Waals surface area contributed by atoms with E-state index in [-0.39, 0.29) is 18.1 Å². The predicted octanol–water partition coefficient (Wildman–Crippen LogP) is 1.79. The van der Waals surface area contributed by atoms with E-state index in [1.54, 1.807) is 4.90 Å². The average molecular weight is 239 g/mol. The molecule has 2 atom stereocenters. The van der Waals surface area contributed by atoms with Crippen LogP contribution < -0.4 is 0 Å². The zero-order valence-electron chi connectivity index (χ0n) is 10.5. The number of likely N-dealkylation sites (tertiary alicyclic amines) is 1. The van der Waals surface area contributed by atoms with E-state index in [9.17, 15) is 4.79 Å². The van der Waals surface area contributed by atoms with Crippen LogP contribution in [0.1, 0.15) is 39.5 Å². The molecule has 94 valence electrons. The van der Waals surface area contributed by atoms with Crippen molar-refractivity contribution < 1.29 is 13.9 Å². The Morgan fingerprint density at radius 3 is 2.76 bits per heavy atom. The number of ether oxygens (including phenoxy) is 1. The topological polar surface area (TPSA) is 68.5 Å². The van der Waals surface area contributed by atoms with Crippen LogP contribution >= 0.6 is 0 Å². The summed E-state index contributed by atoms with van der Waals surface area (Å²) in [6.45, 7) is 8.07. The van der Waals surface area contributed by atoms with Gasteiger partial charge >= 0.3 is 6.09 Å². The first-order chi connectivity index (χ1) is 7.88. The van der Waals surface area contributed by atoms with Crippen molar-refractivity contribution in [1.82, 2.24) is 15.1 Å². The Morgan fingerprint density at radius 1 is 1.59 bits per heavy atom. The Bertz CT molecular complexity index is 397. The van der Waals surface area contributed by atoms with Crippen LogP contribution in [0.25, 0.3) is 0 Å². The van der Waals surface area contributed by atoms with Crippen molar-refractivity contribution >= 4 is 6.09 Å². The van der Waals surface area contributed by atoms with Gasteiger partial charge in [-0.2, -0.15) is 0 Å². The Kier molecular flexibility index (Phi) is 2.81. The molecule has 0 radical (unpaired) electrons. The van der Waals surface area contributed by atoms with Crippen LogP contribution in [0.4, 0.5) is 4.79 Å². The lowest BCUT2D eigenvalue weighted by molar-refractivity contribution is -0.0132. The monoisotopic (exact) mass is 239 g/mol. The fraction of sp³-hybridized carbons (Fsp3) is 0.727. The normalized spacial score (nSPS) is 24.4. The van der Waals surface area contributed by atoms with E-state index in [1.807, 2.05) is 27.7 Å². The second kappa shape index (κ2) is 4.01. The van der Waals surface area contributed by atoms with Crippen LogP contribution in [0, 0.1) is 0 Å². The summed E-state index contributed by atoms with van der Waals surface area (Å²) in [5.74, 6) is 0.697. The van der Waals surface area contributed by atoms with Gasteiger partial charge in [0, 0.05) is 12.6 Å². The zero-order valence-corrected chi connectivity index (χ0v) is 10.5. The number of rotatable bonds is 1. The van der Waals surface area contributed by atoms with Gasteiger partial charge in [-0.15, -0.1) is 10.2 Å². The smallest absolute Gasteiger partial charge is 0.410 e. The molecule has 1 aliphatic rings. The third kappa shape index (κ3) is 2.40. The minimum atomic E-state index is -0.466. The van der Waals surface area contributed by atoms with E-state index in [2.05, 4.69) is 10.2 Å². The van der Waals surface area contributed by atoms with E-state index in [1.165, 1.54) is 6.39 Å². The summed E-state index contributed by atoms with van der Waals surface area (Å²) >= 11 is 0. The van der Waals surface area contributed by atoms with Gasteiger partial charge in [-0.05, 0) is 27.7 Å². The summed E-state index contributed by atoms with van der Waals surface area (Å²) in [5, 5.41) is 7.50. The lowest BCUT2D eigenvalue weighted by atomic mass is 9.90. The quantitative estimate of drug-likeness (QED) is 0.747. The molecule has 1 aromatic rings. The highest BCUT2D eigenvalue weighted by molar-refractivity contribution is 5.70. The summed E-state index contributed by atoms with van der Waals surface area (Å²) in [4.78, 5) is 13.5. The Balaban J connectivity index is 1.93. The van der Waals surface area contributed by atoms with Crippen molar-refractivity contribution in [1.29, 1.82) is 0 Å². The second-order valence-electron chi connectivity index (χ2n) is 5.26. The summed E-state index contributed by atoms with van der Waals surface area (Å²) in [7, 11) is 0. The number of hydrogen-bond donors (Lipinski definition) is 0. The summed E-state index contributed by atoms with van der Waals surface area (Å²) in [5.41, 5.74) is -0.466. The van der Waals surface area contributed by atoms with Gasteiger partial charge in [0.15, 0.2) is 0 Å². The molecule has 2 rings (SSSR count). The molecule has 17 heavy (non-hydrogen) atoms. The summed E-state index contributed by atoms with van der Waals surface area (Å²) in [6.07, 6.45) is 1.01. The molecular formula is C11H17N3O3. The maximum Gasteiger partial charge on any atom is 0.410 e. The lowest BCUT2D eigenvalue weighted by Crippen LogP contribution is -2.56. The number of carbonyl (C=O) groups excluding carboxylic acids is 1. The van der Waals surface area contributed by atoms with E-state index in [4.69, 9.17) is 9.15 Å². The molecule has 0 bridgehead atoms. The molecule has 2 heterocycles. The van der Waals surface area contributed by atoms with Crippen LogP contribution in [0.2, 0.25) is 0 Å². The average Bonchev–Trinajstić information content (AvgIpc) is 2.65. The van der Waals surface area contributed by atoms with Gasteiger partial charge in [-0.25, -0.2) is 4.79 Å². The fourth-order valence-electron chi connectivity index (χ4n) is 1.80. The number of aromatic nitrogens is 2. The number of carbonyl (C=O) groups is 1. The van der Waals surface area contributed by atoms with Crippen LogP contribution in [0.5, 0.6) is 0 Å². The van der Waals surface area contributed by atoms with Crippen LogP contribution in [0.15, 0.2) is 10.8 Å². The van der Waals surface area contributed by atoms with E-state index in [0.717, 1.165) is 0 Å². The highest BCUT2D eigenvalue weighted by Gasteiger charge is 2.44. The highest BCUT2D eigenvalue weighted by atomic mass is 16.6. The molecule has 0 aliphatic carbocycles. The fourth-order valence-corrected chi connectivity index (χ4v) is 1.80. The second-order valence-corrected chi connectivity index (χ2v) is 5.26. The van der Waals surface area contributed by atoms with Crippen molar-refractivity contribution in [2.75, 3.05) is 6.54 Å². The molecule has 1 amide bonds. The van der Waals surface area contributed by atoms with Gasteiger partial charge in [-0.1, -0.05) is 0 Å². The molecule has 0 spiro atoms. The molecule has 1 fully saturated rings. The SMILES string of the molecule is C[C@H]1[C@H](c2nnco2)CN1C(=O)OC(C)(C)C. The Labute approximate surface area is 99.9 Å². The van der Waals surface area contributed by atoms with Crippen LogP contribution in [-0.2, 0) is 4.74 Å². The van der Waals surface area contributed by atoms with E-state index >= 15 is 0 Å². The molecule has 1 saturated heterocycles. The summed E-state index contributed by atoms with van der Waals surface area (Å²) < 4.78 is 10.4. The molecule has 0 unspecified atom stereocenters. The predicted molar refractivity (Wildman–Crippen MR) is 59.4 cm³/mol. The van der Waals surface area contributed by atoms with Gasteiger partial charge in [0.2, 0.25) is 12.3 Å². The first-order valence-electron chi connectivity index (χ1n) is 5.64. The van der Waals surface area contributed by atoms with Gasteiger partial charge in [0.1, 0.15) is 5.60 Å². The maximum absolute atomic E-state index is 11.8. The van der Waals surface area contributed by atoms with Gasteiger partial charge < -0.3 is 14.1 Å². The van der Waals surface area contributed by atoms with Crippen molar-refractivity contribution in [2.24, 2.45) is 0 Å². The Hall–Kier alpha value is -1.59. The minimum Gasteiger partial charge on any atom is -0.444 e. The standard InChI is InChI=1S/C11H17N3O3/c1-7-8(9-13-12-6-16-9)5-14(7)10(15)17-11(2,3)4/h6-8H,5H2,1-4H3/t7-,8+/m0/s1. The van der Waals surface area contributed by atoms with Crippen molar-refractivity contribution in [3.63, 3.8) is 0 Å². The van der Waals surface area contributed by atoms with Gasteiger partial charge in [0.25, 0.3) is 0 Å². The molecule has 0 saturated carbocycles. The van der Waals surface area contributed by atoms with Crippen molar-refractivity contribution in [3.8, 4) is 0 Å². The van der Waals surface area contributed by atoms with Crippen LogP contribution in [0.3, 0.4) is 0 Å². The minimum absolute atomic E-state index is 0.0327. The molecule has 0 N–H and O–H groups in total. The van der Waals surface area contributed by atoms with Gasteiger partial charge in [0.05, 0.1) is 5.92 Å². The third-order valence-corrected chi connectivity index (χ3v) is 2.79. The van der Waals surface area contributed by atoms with Crippen molar-refractivity contribution in [2.45, 2.75) is 45.3 Å². The zero-order chi connectivity index (χ0) is 12.6. The Morgan fingerprint density at radius 2 is 2.29 bits per heavy atom. The number of amides is 1. The molecule has 1 aromatic heterocycles. The maximum atomic E-state index is 11.8. The van der Waals surface area contributed by atoms with Crippen molar-refractivity contribution in [3.05, 3.63) is 12.3 Å². The first-order valence-corrected chi connectivity index (χ1v) is 5.64. The van der Waals surface area contributed by atoms with E-state index in [0.29, 0.717) is 12.4 Å². The molecular weight excluding hydrogens is 222 g/mol. The molecule has 1 aliphatic heterocycles. The van der Waals surface area contributed by atoms with E-state index < -0.39 is 5.60 Å². The van der Waals surface area contributed by atoms with Crippen LogP contribution in [-0.4, -0.2) is 39.4 Å². The number of hydrogen-bond acceptors (Lipinski definition) is 5. The molecule has 0 aromatic carbocycles. The summed E-state index contributed by atoms with van der Waals surface area (Å²) in [6, 6.07) is 0.0327. The van der Waals surface area contributed by atoms with Gasteiger partial charge in [-0.3, -0.25) is 0 Å². The number of nitrogens with zero attached hydrogens (tertiary/aromatic N) is 3. The third-order valence-electron chi connectivity index (χ3n) is 2.79. The highest BCUT2D eigenvalue weighted by Crippen LogP contribution is 2.33. The molecule has 6 heteroatoms. The lowest BCUT2D eigenvalue weighted by Gasteiger charge is -2.44. The molecule has 6 nitrogen and oxygen atoms in total.